The summed E-state index contributed by atoms with van der Waals surface area (Å²) in [5.41, 5.74) is -0.978. The van der Waals surface area contributed by atoms with E-state index in [9.17, 15) is 29.7 Å². The Morgan fingerprint density at radius 1 is 1.29 bits per heavy atom. The van der Waals surface area contributed by atoms with Crippen molar-refractivity contribution in [2.24, 2.45) is 5.92 Å². The Kier molecular flexibility index (Phi) is 8.14. The van der Waals surface area contributed by atoms with Gasteiger partial charge < -0.3 is 40.2 Å². The molecule has 2 amide bonds. The smallest absolute Gasteiger partial charge is 0.408 e. The second kappa shape index (κ2) is 10.7. The zero-order chi connectivity index (χ0) is 25.9. The van der Waals surface area contributed by atoms with Gasteiger partial charge in [-0.15, -0.1) is 11.6 Å². The standard InChI is InChI=1S/C23H29ClN2O9/c1-11(25-22(32)34-9-12-4-6-13(33-3)7-5-12)20(30)26-19-17-16(14(27)8-15(28)18(17)29)21(31)35-23(19,2)10-24/h4-7,11,15,17-19,27-29H,8-10H2,1-3H3,(H,25,32)(H,26,30)/t11-,15+,17-,18-,19+,23+/m0/s1. The minimum atomic E-state index is -1.47. The third-order valence-corrected chi connectivity index (χ3v) is 6.72. The van der Waals surface area contributed by atoms with Gasteiger partial charge in [-0.1, -0.05) is 12.1 Å². The fourth-order valence-electron chi connectivity index (χ4n) is 4.14. The van der Waals surface area contributed by atoms with E-state index < -0.39 is 59.5 Å². The van der Waals surface area contributed by atoms with Crippen LogP contribution in [0.15, 0.2) is 35.6 Å². The average molecular weight is 513 g/mol. The molecule has 0 aromatic heterocycles. The summed E-state index contributed by atoms with van der Waals surface area (Å²) in [6.07, 6.45) is -4.01. The molecular weight excluding hydrogens is 484 g/mol. The first-order valence-corrected chi connectivity index (χ1v) is 11.5. The second-order valence-electron chi connectivity index (χ2n) is 8.76. The number of halogens is 1. The molecule has 35 heavy (non-hydrogen) atoms. The lowest BCUT2D eigenvalue weighted by Gasteiger charge is -2.49. The van der Waals surface area contributed by atoms with E-state index >= 15 is 0 Å². The number of alkyl carbamates (subject to hydrolysis) is 1. The molecule has 12 heteroatoms. The zero-order valence-corrected chi connectivity index (χ0v) is 20.2. The van der Waals surface area contributed by atoms with E-state index in [0.29, 0.717) is 11.3 Å². The highest BCUT2D eigenvalue weighted by Crippen LogP contribution is 2.42. The van der Waals surface area contributed by atoms with E-state index in [1.807, 2.05) is 0 Å². The summed E-state index contributed by atoms with van der Waals surface area (Å²) in [5.74, 6) is -2.77. The normalized spacial score (nSPS) is 28.9. The van der Waals surface area contributed by atoms with Crippen LogP contribution in [0.25, 0.3) is 0 Å². The largest absolute Gasteiger partial charge is 0.512 e. The van der Waals surface area contributed by atoms with Gasteiger partial charge in [-0.2, -0.15) is 0 Å². The maximum atomic E-state index is 12.9. The van der Waals surface area contributed by atoms with Crippen LogP contribution in [0, 0.1) is 5.92 Å². The summed E-state index contributed by atoms with van der Waals surface area (Å²) in [7, 11) is 1.54. The monoisotopic (exact) mass is 512 g/mol. The van der Waals surface area contributed by atoms with Crippen LogP contribution < -0.4 is 15.4 Å². The second-order valence-corrected chi connectivity index (χ2v) is 9.03. The Morgan fingerprint density at radius 2 is 1.94 bits per heavy atom. The molecule has 0 bridgehead atoms. The number of carbonyl (C=O) groups excluding carboxylic acids is 3. The Balaban J connectivity index is 1.68. The van der Waals surface area contributed by atoms with Crippen molar-refractivity contribution in [3.63, 3.8) is 0 Å². The van der Waals surface area contributed by atoms with Gasteiger partial charge in [0.1, 0.15) is 29.8 Å². The SMILES string of the molecule is COc1ccc(COC(=O)N[C@@H](C)C(=O)N[C@@H]2[C@H]3C(=C(O)C[C@@H](O)[C@@H]3O)C(=O)O[C@]2(C)CCl)cc1. The molecule has 0 spiro atoms. The number of alkyl halides is 1. The minimum Gasteiger partial charge on any atom is -0.512 e. The fraction of sp³-hybridized carbons (Fsp3) is 0.522. The van der Waals surface area contributed by atoms with Crippen molar-refractivity contribution in [1.82, 2.24) is 10.6 Å². The number of hydrogen-bond donors (Lipinski definition) is 5. The van der Waals surface area contributed by atoms with Gasteiger partial charge in [0.2, 0.25) is 5.91 Å². The number of nitrogens with one attached hydrogen (secondary N) is 2. The molecule has 0 unspecified atom stereocenters. The molecular formula is C23H29ClN2O9. The van der Waals surface area contributed by atoms with Crippen molar-refractivity contribution in [2.45, 2.75) is 56.8 Å². The molecule has 1 saturated heterocycles. The fourth-order valence-corrected chi connectivity index (χ4v) is 4.37. The highest BCUT2D eigenvalue weighted by Gasteiger charge is 2.56. The van der Waals surface area contributed by atoms with Gasteiger partial charge in [-0.25, -0.2) is 9.59 Å². The molecule has 1 aliphatic carbocycles. The van der Waals surface area contributed by atoms with E-state index in [2.05, 4.69) is 10.6 Å². The lowest BCUT2D eigenvalue weighted by Crippen LogP contribution is -2.67. The summed E-state index contributed by atoms with van der Waals surface area (Å²) in [6.45, 7) is 2.84. The van der Waals surface area contributed by atoms with Crippen LogP contribution in [-0.2, 0) is 25.7 Å². The highest BCUT2D eigenvalue weighted by atomic mass is 35.5. The number of amides is 2. The molecule has 192 valence electrons. The summed E-state index contributed by atoms with van der Waals surface area (Å²) in [5, 5.41) is 36.1. The van der Waals surface area contributed by atoms with Gasteiger partial charge in [0, 0.05) is 12.3 Å². The first-order chi connectivity index (χ1) is 16.5. The molecule has 1 aromatic carbocycles. The molecule has 1 fully saturated rings. The maximum Gasteiger partial charge on any atom is 0.408 e. The number of hydrogen-bond acceptors (Lipinski definition) is 9. The molecule has 1 heterocycles. The van der Waals surface area contributed by atoms with E-state index in [1.54, 1.807) is 24.3 Å². The highest BCUT2D eigenvalue weighted by molar-refractivity contribution is 6.18. The number of aliphatic hydroxyl groups excluding tert-OH is 3. The third-order valence-electron chi connectivity index (χ3n) is 6.19. The lowest BCUT2D eigenvalue weighted by molar-refractivity contribution is -0.172. The number of aliphatic hydroxyl groups is 3. The quantitative estimate of drug-likeness (QED) is 0.264. The molecule has 6 atom stereocenters. The Bertz CT molecular complexity index is 999. The van der Waals surface area contributed by atoms with Crippen LogP contribution in [0.2, 0.25) is 0 Å². The maximum absolute atomic E-state index is 12.9. The van der Waals surface area contributed by atoms with Crippen LogP contribution in [-0.4, -0.2) is 76.2 Å². The number of rotatable bonds is 7. The minimum absolute atomic E-state index is 0.0351. The van der Waals surface area contributed by atoms with Gasteiger partial charge in [-0.05, 0) is 31.5 Å². The Hall–Kier alpha value is -3.02. The van der Waals surface area contributed by atoms with Crippen LogP contribution in [0.4, 0.5) is 4.79 Å². The van der Waals surface area contributed by atoms with Gasteiger partial charge in [0.25, 0.3) is 0 Å². The van der Waals surface area contributed by atoms with Crippen molar-refractivity contribution in [3.8, 4) is 5.75 Å². The summed E-state index contributed by atoms with van der Waals surface area (Å²) in [6, 6.07) is 4.70. The number of fused-ring (bicyclic) bond motifs is 1. The van der Waals surface area contributed by atoms with Crippen molar-refractivity contribution < 1.29 is 43.9 Å². The predicted molar refractivity (Wildman–Crippen MR) is 123 cm³/mol. The number of methoxy groups -OCH3 is 1. The molecule has 2 aliphatic rings. The first-order valence-electron chi connectivity index (χ1n) is 10.9. The van der Waals surface area contributed by atoms with Gasteiger partial charge in [-0.3, -0.25) is 4.79 Å². The number of carbonyl (C=O) groups is 3. The lowest BCUT2D eigenvalue weighted by atomic mass is 9.71. The number of esters is 1. The number of ether oxygens (including phenoxy) is 3. The van der Waals surface area contributed by atoms with Gasteiger partial charge in [0.05, 0.1) is 36.8 Å². The summed E-state index contributed by atoms with van der Waals surface area (Å²) in [4.78, 5) is 37.6. The molecule has 5 N–H and O–H groups in total. The van der Waals surface area contributed by atoms with E-state index in [-0.39, 0.29) is 24.5 Å². The van der Waals surface area contributed by atoms with Crippen LogP contribution in [0.3, 0.4) is 0 Å². The topological polar surface area (TPSA) is 164 Å². The van der Waals surface area contributed by atoms with E-state index in [0.717, 1.165) is 0 Å². The van der Waals surface area contributed by atoms with Crippen LogP contribution >= 0.6 is 11.6 Å². The van der Waals surface area contributed by atoms with Crippen molar-refractivity contribution in [2.75, 3.05) is 13.0 Å². The van der Waals surface area contributed by atoms with E-state index in [4.69, 9.17) is 25.8 Å². The van der Waals surface area contributed by atoms with Gasteiger partial charge in [0.15, 0.2) is 0 Å². The van der Waals surface area contributed by atoms with Crippen molar-refractivity contribution in [3.05, 3.63) is 41.2 Å². The van der Waals surface area contributed by atoms with Crippen LogP contribution in [0.5, 0.6) is 5.75 Å². The first kappa shape index (κ1) is 26.6. The number of benzene rings is 1. The van der Waals surface area contributed by atoms with Gasteiger partial charge >= 0.3 is 12.1 Å². The summed E-state index contributed by atoms with van der Waals surface area (Å²) < 4.78 is 15.6. The summed E-state index contributed by atoms with van der Waals surface area (Å²) >= 11 is 6.05. The average Bonchev–Trinajstić information content (AvgIpc) is 2.82. The molecule has 11 nitrogen and oxygen atoms in total. The molecule has 3 rings (SSSR count). The number of cyclic esters (lactones) is 1. The molecule has 0 saturated carbocycles. The van der Waals surface area contributed by atoms with E-state index in [1.165, 1.54) is 21.0 Å². The van der Waals surface area contributed by atoms with Crippen molar-refractivity contribution in [1.29, 1.82) is 0 Å². The molecule has 1 aromatic rings. The molecule has 1 aliphatic heterocycles. The molecule has 0 radical (unpaired) electrons. The Labute approximate surface area is 207 Å². The Morgan fingerprint density at radius 3 is 2.54 bits per heavy atom. The predicted octanol–water partition coefficient (Wildman–Crippen LogP) is 0.903. The third kappa shape index (κ3) is 5.63. The zero-order valence-electron chi connectivity index (χ0n) is 19.5. The van der Waals surface area contributed by atoms with Crippen molar-refractivity contribution >= 4 is 29.6 Å². The van der Waals surface area contributed by atoms with Crippen LogP contribution in [0.1, 0.15) is 25.8 Å².